The molecule has 7 heteroatoms. The highest BCUT2D eigenvalue weighted by Gasteiger charge is 2.30. The molecule has 0 bridgehead atoms. The predicted octanol–water partition coefficient (Wildman–Crippen LogP) is 4.88. The topological polar surface area (TPSA) is 83.1 Å². The second-order valence-corrected chi connectivity index (χ2v) is 7.30. The van der Waals surface area contributed by atoms with Crippen LogP contribution in [0.15, 0.2) is 81.0 Å². The van der Waals surface area contributed by atoms with Crippen LogP contribution in [-0.2, 0) is 4.79 Å². The van der Waals surface area contributed by atoms with E-state index in [4.69, 9.17) is 9.52 Å². The molecular weight excluding hydrogens is 388 g/mol. The Morgan fingerprint density at radius 3 is 2.48 bits per heavy atom. The lowest BCUT2D eigenvalue weighted by Crippen LogP contribution is -2.23. The van der Waals surface area contributed by atoms with Gasteiger partial charge in [-0.3, -0.25) is 9.69 Å². The molecule has 0 spiro atoms. The van der Waals surface area contributed by atoms with Gasteiger partial charge in [0, 0.05) is 18.7 Å². The molecule has 1 aliphatic heterocycles. The number of aliphatic imine (C=N–C) groups is 1. The molecule has 1 N–H and O–H groups in total. The number of carboxylic acids is 1. The van der Waals surface area contributed by atoms with Crippen LogP contribution >= 0.6 is 11.8 Å². The number of para-hydroxylation sites is 1. The summed E-state index contributed by atoms with van der Waals surface area (Å²) in [5.41, 5.74) is 1.75. The van der Waals surface area contributed by atoms with Gasteiger partial charge in [-0.15, -0.1) is 0 Å². The molecule has 4 rings (SSSR count). The Morgan fingerprint density at radius 2 is 1.79 bits per heavy atom. The smallest absolute Gasteiger partial charge is 0.335 e. The number of carbonyl (C=O) groups is 2. The zero-order chi connectivity index (χ0) is 20.4. The van der Waals surface area contributed by atoms with Crippen molar-refractivity contribution in [2.24, 2.45) is 4.99 Å². The minimum absolute atomic E-state index is 0.145. The lowest BCUT2D eigenvalue weighted by molar-refractivity contribution is -0.121. The average molecular weight is 404 g/mol. The molecule has 29 heavy (non-hydrogen) atoms. The summed E-state index contributed by atoms with van der Waals surface area (Å²) < 4.78 is 5.82. The Morgan fingerprint density at radius 1 is 1.07 bits per heavy atom. The van der Waals surface area contributed by atoms with E-state index in [1.54, 1.807) is 37.4 Å². The number of carboxylic acid groups (broad SMARTS) is 1. The Hall–Kier alpha value is -3.58. The molecule has 2 aromatic carbocycles. The number of benzene rings is 2. The first-order chi connectivity index (χ1) is 14.0. The first-order valence-corrected chi connectivity index (χ1v) is 9.58. The molecule has 2 heterocycles. The third kappa shape index (κ3) is 4.00. The molecule has 1 saturated heterocycles. The average Bonchev–Trinajstić information content (AvgIpc) is 3.30. The van der Waals surface area contributed by atoms with Crippen molar-refractivity contribution in [3.05, 3.63) is 83.0 Å². The van der Waals surface area contributed by atoms with Gasteiger partial charge >= 0.3 is 5.97 Å². The van der Waals surface area contributed by atoms with Crippen molar-refractivity contribution in [2.75, 3.05) is 7.05 Å². The number of likely N-dealkylation sites (N-methyl/N-ethyl adjacent to an activating group) is 1. The van der Waals surface area contributed by atoms with Crippen LogP contribution in [0.4, 0.5) is 5.69 Å². The van der Waals surface area contributed by atoms with Crippen LogP contribution in [0.1, 0.15) is 16.1 Å². The minimum atomic E-state index is -0.977. The Kier molecular flexibility index (Phi) is 5.05. The van der Waals surface area contributed by atoms with E-state index in [1.807, 2.05) is 30.3 Å². The van der Waals surface area contributed by atoms with Crippen molar-refractivity contribution >= 4 is 40.6 Å². The van der Waals surface area contributed by atoms with Gasteiger partial charge in [0.2, 0.25) is 0 Å². The predicted molar refractivity (Wildman–Crippen MR) is 113 cm³/mol. The maximum atomic E-state index is 12.5. The number of nitrogens with zero attached hydrogens (tertiary/aromatic N) is 2. The molecule has 1 aliphatic rings. The first-order valence-electron chi connectivity index (χ1n) is 8.76. The number of hydrogen-bond donors (Lipinski definition) is 1. The van der Waals surface area contributed by atoms with Crippen LogP contribution in [0, 0.1) is 0 Å². The van der Waals surface area contributed by atoms with Crippen LogP contribution in [0.25, 0.3) is 17.4 Å². The second kappa shape index (κ2) is 7.81. The van der Waals surface area contributed by atoms with E-state index in [0.29, 0.717) is 21.6 Å². The molecule has 0 radical (unpaired) electrons. The minimum Gasteiger partial charge on any atom is -0.478 e. The Labute approximate surface area is 171 Å². The summed E-state index contributed by atoms with van der Waals surface area (Å²) in [7, 11) is 1.69. The van der Waals surface area contributed by atoms with Gasteiger partial charge in [-0.1, -0.05) is 30.3 Å². The van der Waals surface area contributed by atoms with E-state index in [2.05, 4.69) is 4.99 Å². The molecule has 144 valence electrons. The van der Waals surface area contributed by atoms with Crippen molar-refractivity contribution in [1.82, 2.24) is 4.90 Å². The van der Waals surface area contributed by atoms with Crippen LogP contribution in [0.5, 0.6) is 0 Å². The molecule has 1 amide bonds. The Balaban J connectivity index is 1.56. The SMILES string of the molecule is CN1C(=O)/C(=C\c2ccc(-c3ccc(C(=O)O)cc3)o2)SC1=Nc1ccccc1. The third-order valence-electron chi connectivity index (χ3n) is 4.30. The zero-order valence-corrected chi connectivity index (χ0v) is 16.2. The van der Waals surface area contributed by atoms with Gasteiger partial charge in [-0.2, -0.15) is 0 Å². The summed E-state index contributed by atoms with van der Waals surface area (Å²) in [4.78, 5) is 30.1. The summed E-state index contributed by atoms with van der Waals surface area (Å²) in [5.74, 6) is 0.00649. The van der Waals surface area contributed by atoms with Gasteiger partial charge in [0.25, 0.3) is 5.91 Å². The molecule has 1 aromatic heterocycles. The second-order valence-electron chi connectivity index (χ2n) is 6.29. The number of aromatic carboxylic acids is 1. The molecule has 1 fully saturated rings. The zero-order valence-electron chi connectivity index (χ0n) is 15.4. The number of amides is 1. The molecule has 6 nitrogen and oxygen atoms in total. The summed E-state index contributed by atoms with van der Waals surface area (Å²) in [6, 6.07) is 19.4. The van der Waals surface area contributed by atoms with E-state index in [0.717, 1.165) is 11.3 Å². The third-order valence-corrected chi connectivity index (χ3v) is 5.36. The summed E-state index contributed by atoms with van der Waals surface area (Å²) in [5, 5.41) is 9.59. The van der Waals surface area contributed by atoms with Crippen molar-refractivity contribution in [2.45, 2.75) is 0 Å². The van der Waals surface area contributed by atoms with Crippen molar-refractivity contribution in [3.63, 3.8) is 0 Å². The standard InChI is InChI=1S/C22H16N2O4S/c1-24-20(25)19(29-22(24)23-16-5-3-2-4-6-16)13-17-11-12-18(28-17)14-7-9-15(10-8-14)21(26)27/h2-13H,1H3,(H,26,27)/b19-13+,23-22?. The van der Waals surface area contributed by atoms with Crippen molar-refractivity contribution in [3.8, 4) is 11.3 Å². The molecule has 0 saturated carbocycles. The normalized spacial score (nSPS) is 16.7. The van der Waals surface area contributed by atoms with Crippen LogP contribution < -0.4 is 0 Å². The Bertz CT molecular complexity index is 1130. The maximum absolute atomic E-state index is 12.5. The fourth-order valence-corrected chi connectivity index (χ4v) is 3.72. The quantitative estimate of drug-likeness (QED) is 0.627. The summed E-state index contributed by atoms with van der Waals surface area (Å²) in [6.45, 7) is 0. The van der Waals surface area contributed by atoms with Gasteiger partial charge in [-0.25, -0.2) is 9.79 Å². The molecule has 0 atom stereocenters. The number of rotatable bonds is 4. The highest BCUT2D eigenvalue weighted by molar-refractivity contribution is 8.18. The van der Waals surface area contributed by atoms with Crippen LogP contribution in [0.3, 0.4) is 0 Å². The van der Waals surface area contributed by atoms with Gasteiger partial charge in [0.15, 0.2) is 5.17 Å². The summed E-state index contributed by atoms with van der Waals surface area (Å²) in [6.07, 6.45) is 1.69. The lowest BCUT2D eigenvalue weighted by Gasteiger charge is -2.06. The fourth-order valence-electron chi connectivity index (χ4n) is 2.76. The van der Waals surface area contributed by atoms with Gasteiger partial charge < -0.3 is 9.52 Å². The molecule has 0 unspecified atom stereocenters. The molecule has 0 aliphatic carbocycles. The van der Waals surface area contributed by atoms with Gasteiger partial charge in [-0.05, 0) is 48.2 Å². The molecular formula is C22H16N2O4S. The number of carbonyl (C=O) groups excluding carboxylic acids is 1. The maximum Gasteiger partial charge on any atom is 0.335 e. The number of amidine groups is 1. The van der Waals surface area contributed by atoms with Crippen LogP contribution in [-0.4, -0.2) is 34.1 Å². The van der Waals surface area contributed by atoms with E-state index in [9.17, 15) is 9.59 Å². The summed E-state index contributed by atoms with van der Waals surface area (Å²) >= 11 is 1.29. The number of furan rings is 1. The highest BCUT2D eigenvalue weighted by Crippen LogP contribution is 2.34. The largest absolute Gasteiger partial charge is 0.478 e. The lowest BCUT2D eigenvalue weighted by atomic mass is 10.1. The van der Waals surface area contributed by atoms with E-state index in [1.165, 1.54) is 28.8 Å². The van der Waals surface area contributed by atoms with Gasteiger partial charge in [0.05, 0.1) is 16.2 Å². The number of hydrogen-bond acceptors (Lipinski definition) is 5. The molecule has 3 aromatic rings. The van der Waals surface area contributed by atoms with E-state index < -0.39 is 5.97 Å². The van der Waals surface area contributed by atoms with Crippen LogP contribution in [0.2, 0.25) is 0 Å². The first kappa shape index (κ1) is 18.8. The van der Waals surface area contributed by atoms with E-state index in [-0.39, 0.29) is 11.5 Å². The van der Waals surface area contributed by atoms with E-state index >= 15 is 0 Å². The number of thioether (sulfide) groups is 1. The van der Waals surface area contributed by atoms with Crippen molar-refractivity contribution in [1.29, 1.82) is 0 Å². The monoisotopic (exact) mass is 404 g/mol. The highest BCUT2D eigenvalue weighted by atomic mass is 32.2. The van der Waals surface area contributed by atoms with Gasteiger partial charge in [0.1, 0.15) is 11.5 Å². The van der Waals surface area contributed by atoms with Crippen molar-refractivity contribution < 1.29 is 19.1 Å². The fraction of sp³-hybridized carbons (Fsp3) is 0.0455.